The lowest BCUT2D eigenvalue weighted by atomic mass is 10.1. The van der Waals surface area contributed by atoms with Crippen molar-refractivity contribution < 1.29 is 9.66 Å². The van der Waals surface area contributed by atoms with E-state index in [2.05, 4.69) is 0 Å². The Hall–Kier alpha value is -2.62. The molecule has 2 rings (SSSR count). The molecule has 0 bridgehead atoms. The summed E-state index contributed by atoms with van der Waals surface area (Å²) in [5, 5.41) is 10.9. The third kappa shape index (κ3) is 3.23. The van der Waals surface area contributed by atoms with Gasteiger partial charge in [-0.2, -0.15) is 0 Å². The van der Waals surface area contributed by atoms with Gasteiger partial charge in [-0.3, -0.25) is 10.1 Å². The molecule has 0 N–H and O–H groups in total. The number of hydrogen-bond acceptors (Lipinski definition) is 3. The second-order valence-electron chi connectivity index (χ2n) is 4.12. The molecular formula is C16H15NO3. The summed E-state index contributed by atoms with van der Waals surface area (Å²) in [6, 6.07) is 14.2. The van der Waals surface area contributed by atoms with E-state index in [0.29, 0.717) is 12.2 Å². The Morgan fingerprint density at radius 2 is 1.65 bits per heavy atom. The molecule has 0 unspecified atom stereocenters. The second kappa shape index (κ2) is 6.52. The van der Waals surface area contributed by atoms with E-state index in [1.54, 1.807) is 24.3 Å². The molecule has 0 fully saturated rings. The molecule has 0 heterocycles. The number of nitro groups is 1. The van der Waals surface area contributed by atoms with E-state index in [1.807, 2.05) is 37.3 Å². The van der Waals surface area contributed by atoms with Crippen molar-refractivity contribution in [1.82, 2.24) is 0 Å². The van der Waals surface area contributed by atoms with Gasteiger partial charge in [0.05, 0.1) is 17.1 Å². The van der Waals surface area contributed by atoms with Gasteiger partial charge >= 0.3 is 0 Å². The lowest BCUT2D eigenvalue weighted by Crippen LogP contribution is -1.93. The predicted octanol–water partition coefficient (Wildman–Crippen LogP) is 4.16. The van der Waals surface area contributed by atoms with Crippen LogP contribution in [0.2, 0.25) is 0 Å². The Morgan fingerprint density at radius 1 is 1.05 bits per heavy atom. The van der Waals surface area contributed by atoms with Crippen molar-refractivity contribution in [3.63, 3.8) is 0 Å². The summed E-state index contributed by atoms with van der Waals surface area (Å²) in [5.41, 5.74) is 1.56. The zero-order valence-electron chi connectivity index (χ0n) is 11.2. The molecule has 0 aliphatic heterocycles. The zero-order chi connectivity index (χ0) is 14.4. The number of nitro benzene ring substituents is 1. The van der Waals surface area contributed by atoms with Crippen LogP contribution in [-0.2, 0) is 0 Å². The Labute approximate surface area is 117 Å². The van der Waals surface area contributed by atoms with Crippen LogP contribution in [0.1, 0.15) is 18.1 Å². The maximum Gasteiger partial charge on any atom is 0.276 e. The molecule has 20 heavy (non-hydrogen) atoms. The largest absolute Gasteiger partial charge is 0.493 e. The SMILES string of the molecule is CCOc1ccccc1/C=C/c1ccccc1[N+](=O)[O-]. The van der Waals surface area contributed by atoms with Crippen LogP contribution in [0.25, 0.3) is 12.2 Å². The van der Waals surface area contributed by atoms with Gasteiger partial charge in [0.15, 0.2) is 0 Å². The molecule has 4 heteroatoms. The minimum absolute atomic E-state index is 0.0950. The van der Waals surface area contributed by atoms with Crippen LogP contribution in [0.5, 0.6) is 5.75 Å². The van der Waals surface area contributed by atoms with Crippen LogP contribution < -0.4 is 4.74 Å². The maximum atomic E-state index is 10.9. The molecule has 102 valence electrons. The number of rotatable bonds is 5. The van der Waals surface area contributed by atoms with Gasteiger partial charge in [0, 0.05) is 11.6 Å². The summed E-state index contributed by atoms with van der Waals surface area (Å²) < 4.78 is 5.52. The van der Waals surface area contributed by atoms with Gasteiger partial charge < -0.3 is 4.74 Å². The molecule has 2 aromatic carbocycles. The van der Waals surface area contributed by atoms with Crippen LogP contribution in [0.15, 0.2) is 48.5 Å². The highest BCUT2D eigenvalue weighted by Crippen LogP contribution is 2.24. The van der Waals surface area contributed by atoms with E-state index in [0.717, 1.165) is 11.3 Å². The molecule has 0 atom stereocenters. The smallest absolute Gasteiger partial charge is 0.276 e. The van der Waals surface area contributed by atoms with Crippen LogP contribution in [0.3, 0.4) is 0 Å². The van der Waals surface area contributed by atoms with E-state index in [1.165, 1.54) is 6.07 Å². The van der Waals surface area contributed by atoms with Crippen molar-refractivity contribution >= 4 is 17.8 Å². The monoisotopic (exact) mass is 269 g/mol. The number of benzene rings is 2. The van der Waals surface area contributed by atoms with Crippen LogP contribution in [0, 0.1) is 10.1 Å². The second-order valence-corrected chi connectivity index (χ2v) is 4.12. The van der Waals surface area contributed by atoms with Gasteiger partial charge in [-0.1, -0.05) is 36.4 Å². The zero-order valence-corrected chi connectivity index (χ0v) is 11.2. The summed E-state index contributed by atoms with van der Waals surface area (Å²) >= 11 is 0. The Kier molecular flexibility index (Phi) is 4.50. The first-order chi connectivity index (χ1) is 9.72. The van der Waals surface area contributed by atoms with E-state index in [4.69, 9.17) is 4.74 Å². The normalized spacial score (nSPS) is 10.7. The minimum Gasteiger partial charge on any atom is -0.493 e. The highest BCUT2D eigenvalue weighted by atomic mass is 16.6. The summed E-state index contributed by atoms with van der Waals surface area (Å²) in [5.74, 6) is 0.768. The van der Waals surface area contributed by atoms with E-state index in [9.17, 15) is 10.1 Å². The lowest BCUT2D eigenvalue weighted by molar-refractivity contribution is -0.385. The summed E-state index contributed by atoms with van der Waals surface area (Å²) in [4.78, 5) is 10.6. The quantitative estimate of drug-likeness (QED) is 0.465. The molecule has 0 aromatic heterocycles. The van der Waals surface area contributed by atoms with Gasteiger partial charge in [-0.15, -0.1) is 0 Å². The highest BCUT2D eigenvalue weighted by molar-refractivity contribution is 5.76. The van der Waals surface area contributed by atoms with Crippen molar-refractivity contribution in [2.24, 2.45) is 0 Å². The average Bonchev–Trinajstić information content (AvgIpc) is 2.47. The molecule has 0 radical (unpaired) electrons. The topological polar surface area (TPSA) is 52.4 Å². The number of ether oxygens (including phenoxy) is 1. The van der Waals surface area contributed by atoms with Gasteiger partial charge in [-0.25, -0.2) is 0 Å². The Balaban J connectivity index is 2.33. The van der Waals surface area contributed by atoms with Crippen molar-refractivity contribution in [2.75, 3.05) is 6.61 Å². The molecule has 0 amide bonds. The molecule has 0 aliphatic carbocycles. The standard InChI is InChI=1S/C16H15NO3/c1-2-20-16-10-6-4-8-14(16)12-11-13-7-3-5-9-15(13)17(18)19/h3-12H,2H2,1H3/b12-11+. The fourth-order valence-electron chi connectivity index (χ4n) is 1.88. The van der Waals surface area contributed by atoms with Gasteiger partial charge in [-0.05, 0) is 25.1 Å². The first kappa shape index (κ1) is 13.8. The summed E-state index contributed by atoms with van der Waals surface area (Å²) in [6.45, 7) is 2.50. The van der Waals surface area contributed by atoms with E-state index < -0.39 is 0 Å². The highest BCUT2D eigenvalue weighted by Gasteiger charge is 2.09. The van der Waals surface area contributed by atoms with E-state index >= 15 is 0 Å². The maximum absolute atomic E-state index is 10.9. The minimum atomic E-state index is -0.381. The van der Waals surface area contributed by atoms with Crippen LogP contribution >= 0.6 is 0 Å². The Bertz CT molecular complexity index is 635. The number of nitrogens with zero attached hydrogens (tertiary/aromatic N) is 1. The third-order valence-electron chi connectivity index (χ3n) is 2.79. The first-order valence-electron chi connectivity index (χ1n) is 6.35. The molecule has 4 nitrogen and oxygen atoms in total. The van der Waals surface area contributed by atoms with E-state index in [-0.39, 0.29) is 10.6 Å². The number of para-hydroxylation sites is 2. The van der Waals surface area contributed by atoms with Crippen LogP contribution in [-0.4, -0.2) is 11.5 Å². The molecular weight excluding hydrogens is 254 g/mol. The third-order valence-corrected chi connectivity index (χ3v) is 2.79. The lowest BCUT2D eigenvalue weighted by Gasteiger charge is -2.06. The van der Waals surface area contributed by atoms with Crippen molar-refractivity contribution in [3.8, 4) is 5.75 Å². The van der Waals surface area contributed by atoms with Crippen molar-refractivity contribution in [2.45, 2.75) is 6.92 Å². The fraction of sp³-hybridized carbons (Fsp3) is 0.125. The molecule has 0 saturated carbocycles. The number of hydrogen-bond donors (Lipinski definition) is 0. The summed E-state index contributed by atoms with van der Waals surface area (Å²) in [7, 11) is 0. The van der Waals surface area contributed by atoms with Crippen molar-refractivity contribution in [1.29, 1.82) is 0 Å². The average molecular weight is 269 g/mol. The Morgan fingerprint density at radius 3 is 2.35 bits per heavy atom. The van der Waals surface area contributed by atoms with Gasteiger partial charge in [0.2, 0.25) is 0 Å². The van der Waals surface area contributed by atoms with Crippen molar-refractivity contribution in [3.05, 3.63) is 69.8 Å². The van der Waals surface area contributed by atoms with Gasteiger partial charge in [0.1, 0.15) is 5.75 Å². The van der Waals surface area contributed by atoms with Gasteiger partial charge in [0.25, 0.3) is 5.69 Å². The predicted molar refractivity (Wildman–Crippen MR) is 79.6 cm³/mol. The molecule has 2 aromatic rings. The molecule has 0 aliphatic rings. The first-order valence-corrected chi connectivity index (χ1v) is 6.35. The summed E-state index contributed by atoms with van der Waals surface area (Å²) in [6.07, 6.45) is 3.56. The fourth-order valence-corrected chi connectivity index (χ4v) is 1.88. The molecule has 0 saturated heterocycles. The van der Waals surface area contributed by atoms with Crippen LogP contribution in [0.4, 0.5) is 5.69 Å². The molecule has 0 spiro atoms.